The Hall–Kier alpha value is -0.610. The fraction of sp³-hybridized carbons (Fsp3) is 0.900. The Morgan fingerprint density at radius 1 is 1.43 bits per heavy atom. The van der Waals surface area contributed by atoms with Crippen molar-refractivity contribution in [3.8, 4) is 0 Å². The van der Waals surface area contributed by atoms with Crippen molar-refractivity contribution in [1.82, 2.24) is 0 Å². The lowest BCUT2D eigenvalue weighted by Gasteiger charge is -2.13. The van der Waals surface area contributed by atoms with E-state index in [0.717, 1.165) is 19.3 Å². The molecule has 0 aromatic rings. The average molecular weight is 201 g/mol. The van der Waals surface area contributed by atoms with Crippen molar-refractivity contribution in [1.29, 1.82) is 0 Å². The van der Waals surface area contributed by atoms with Crippen LogP contribution in [0.3, 0.4) is 0 Å². The lowest BCUT2D eigenvalue weighted by atomic mass is 10.1. The van der Waals surface area contributed by atoms with Gasteiger partial charge in [-0.05, 0) is 19.8 Å². The largest absolute Gasteiger partial charge is 0.463 e. The topological polar surface area (TPSA) is 61.5 Å². The van der Waals surface area contributed by atoms with Gasteiger partial charge in [0, 0.05) is 12.6 Å². The first-order chi connectivity index (χ1) is 6.75. The Labute approximate surface area is 84.7 Å². The van der Waals surface area contributed by atoms with Crippen molar-refractivity contribution < 1.29 is 14.3 Å². The van der Waals surface area contributed by atoms with Gasteiger partial charge in [0.25, 0.3) is 0 Å². The van der Waals surface area contributed by atoms with Crippen LogP contribution >= 0.6 is 0 Å². The number of ether oxygens (including phenoxy) is 2. The Morgan fingerprint density at radius 3 is 2.79 bits per heavy atom. The van der Waals surface area contributed by atoms with E-state index >= 15 is 0 Å². The fourth-order valence-corrected chi connectivity index (χ4v) is 1.73. The van der Waals surface area contributed by atoms with E-state index in [1.165, 1.54) is 0 Å². The van der Waals surface area contributed by atoms with Crippen LogP contribution < -0.4 is 5.73 Å². The van der Waals surface area contributed by atoms with Gasteiger partial charge in [-0.1, -0.05) is 6.42 Å². The van der Waals surface area contributed by atoms with Crippen molar-refractivity contribution in [2.45, 2.75) is 32.2 Å². The van der Waals surface area contributed by atoms with Gasteiger partial charge >= 0.3 is 5.97 Å². The molecular weight excluding hydrogens is 182 g/mol. The van der Waals surface area contributed by atoms with E-state index < -0.39 is 0 Å². The first kappa shape index (κ1) is 11.5. The van der Waals surface area contributed by atoms with Crippen molar-refractivity contribution >= 4 is 5.97 Å². The zero-order valence-electron chi connectivity index (χ0n) is 8.70. The molecule has 0 saturated heterocycles. The average Bonchev–Trinajstić information content (AvgIpc) is 2.59. The highest BCUT2D eigenvalue weighted by Gasteiger charge is 2.31. The molecule has 1 fully saturated rings. The van der Waals surface area contributed by atoms with Crippen LogP contribution in [0.25, 0.3) is 0 Å². The van der Waals surface area contributed by atoms with Gasteiger partial charge in [0.1, 0.15) is 6.61 Å². The molecule has 0 aliphatic heterocycles. The monoisotopic (exact) mass is 201 g/mol. The predicted molar refractivity (Wildman–Crippen MR) is 52.8 cm³/mol. The molecule has 4 nitrogen and oxygen atoms in total. The smallest absolute Gasteiger partial charge is 0.310 e. The van der Waals surface area contributed by atoms with Gasteiger partial charge in [-0.3, -0.25) is 4.79 Å². The van der Waals surface area contributed by atoms with Crippen molar-refractivity contribution in [3.63, 3.8) is 0 Å². The second kappa shape index (κ2) is 5.98. The summed E-state index contributed by atoms with van der Waals surface area (Å²) >= 11 is 0. The number of carbonyl (C=O) groups is 1. The highest BCUT2D eigenvalue weighted by Crippen LogP contribution is 2.24. The standard InChI is InChI=1S/C10H19NO3/c1-2-13-6-7-14-10(12)8-4-3-5-9(8)11/h8-9H,2-7,11H2,1H3. The molecule has 0 bridgehead atoms. The molecule has 14 heavy (non-hydrogen) atoms. The Bertz CT molecular complexity index is 184. The Kier molecular flexibility index (Phi) is 4.90. The predicted octanol–water partition coefficient (Wildman–Crippen LogP) is 0.694. The lowest BCUT2D eigenvalue weighted by Crippen LogP contribution is -2.32. The summed E-state index contributed by atoms with van der Waals surface area (Å²) in [6.07, 6.45) is 2.84. The molecule has 2 unspecified atom stereocenters. The summed E-state index contributed by atoms with van der Waals surface area (Å²) in [5.74, 6) is -0.244. The maximum absolute atomic E-state index is 11.5. The highest BCUT2D eigenvalue weighted by molar-refractivity contribution is 5.73. The van der Waals surface area contributed by atoms with Crippen molar-refractivity contribution in [2.24, 2.45) is 11.7 Å². The van der Waals surface area contributed by atoms with Crippen molar-refractivity contribution in [2.75, 3.05) is 19.8 Å². The normalized spacial score (nSPS) is 26.4. The van der Waals surface area contributed by atoms with Gasteiger partial charge < -0.3 is 15.2 Å². The van der Waals surface area contributed by atoms with Crippen LogP contribution in [0.1, 0.15) is 26.2 Å². The third kappa shape index (κ3) is 3.27. The third-order valence-corrected chi connectivity index (χ3v) is 2.55. The van der Waals surface area contributed by atoms with E-state index in [-0.39, 0.29) is 17.9 Å². The van der Waals surface area contributed by atoms with Gasteiger partial charge in [0.05, 0.1) is 12.5 Å². The zero-order valence-corrected chi connectivity index (χ0v) is 8.70. The highest BCUT2D eigenvalue weighted by atomic mass is 16.6. The molecule has 1 aliphatic rings. The molecule has 2 N–H and O–H groups in total. The summed E-state index contributed by atoms with van der Waals surface area (Å²) < 4.78 is 10.1. The quantitative estimate of drug-likeness (QED) is 0.525. The van der Waals surface area contributed by atoms with Crippen LogP contribution in [0.4, 0.5) is 0 Å². The zero-order chi connectivity index (χ0) is 10.4. The molecule has 1 saturated carbocycles. The third-order valence-electron chi connectivity index (χ3n) is 2.55. The molecule has 0 heterocycles. The Morgan fingerprint density at radius 2 is 2.21 bits per heavy atom. The van der Waals surface area contributed by atoms with Crippen LogP contribution in [0.2, 0.25) is 0 Å². The molecule has 0 aromatic carbocycles. The Balaban J connectivity index is 2.14. The summed E-state index contributed by atoms with van der Waals surface area (Å²) in [4.78, 5) is 11.5. The first-order valence-corrected chi connectivity index (χ1v) is 5.25. The molecule has 4 heteroatoms. The maximum atomic E-state index is 11.5. The van der Waals surface area contributed by atoms with E-state index in [9.17, 15) is 4.79 Å². The molecule has 0 amide bonds. The van der Waals surface area contributed by atoms with Crippen LogP contribution in [0.15, 0.2) is 0 Å². The number of rotatable bonds is 5. The summed E-state index contributed by atoms with van der Waals surface area (Å²) in [7, 11) is 0. The van der Waals surface area contributed by atoms with E-state index in [4.69, 9.17) is 15.2 Å². The molecule has 0 radical (unpaired) electrons. The molecule has 82 valence electrons. The van der Waals surface area contributed by atoms with Gasteiger partial charge in [-0.25, -0.2) is 0 Å². The minimum atomic E-state index is -0.158. The number of esters is 1. The summed E-state index contributed by atoms with van der Waals surface area (Å²) in [6, 6.07) is -0.00501. The second-order valence-corrected chi connectivity index (χ2v) is 3.57. The van der Waals surface area contributed by atoms with Gasteiger partial charge in [0.15, 0.2) is 0 Å². The van der Waals surface area contributed by atoms with Crippen molar-refractivity contribution in [3.05, 3.63) is 0 Å². The van der Waals surface area contributed by atoms with Crippen LogP contribution in [-0.4, -0.2) is 31.8 Å². The summed E-state index contributed by atoms with van der Waals surface area (Å²) in [5, 5.41) is 0. The van der Waals surface area contributed by atoms with Crippen LogP contribution in [0, 0.1) is 5.92 Å². The molecule has 2 atom stereocenters. The SMILES string of the molecule is CCOCCOC(=O)C1CCCC1N. The van der Waals surface area contributed by atoms with Gasteiger partial charge in [-0.15, -0.1) is 0 Å². The number of hydrogen-bond acceptors (Lipinski definition) is 4. The first-order valence-electron chi connectivity index (χ1n) is 5.25. The van der Waals surface area contributed by atoms with E-state index in [1.54, 1.807) is 0 Å². The molecule has 1 aliphatic carbocycles. The van der Waals surface area contributed by atoms with Gasteiger partial charge in [0.2, 0.25) is 0 Å². The summed E-state index contributed by atoms with van der Waals surface area (Å²) in [6.45, 7) is 3.38. The van der Waals surface area contributed by atoms with E-state index in [0.29, 0.717) is 19.8 Å². The fourth-order valence-electron chi connectivity index (χ4n) is 1.73. The van der Waals surface area contributed by atoms with Gasteiger partial charge in [-0.2, -0.15) is 0 Å². The molecule has 1 rings (SSSR count). The minimum absolute atomic E-state index is 0.00501. The van der Waals surface area contributed by atoms with Crippen LogP contribution in [-0.2, 0) is 14.3 Å². The number of hydrogen-bond donors (Lipinski definition) is 1. The number of carbonyl (C=O) groups excluding carboxylic acids is 1. The molecular formula is C10H19NO3. The molecule has 0 spiro atoms. The second-order valence-electron chi connectivity index (χ2n) is 3.57. The summed E-state index contributed by atoms with van der Waals surface area (Å²) in [5.41, 5.74) is 5.78. The molecule has 0 aromatic heterocycles. The number of nitrogens with two attached hydrogens (primary N) is 1. The minimum Gasteiger partial charge on any atom is -0.463 e. The maximum Gasteiger partial charge on any atom is 0.310 e. The van der Waals surface area contributed by atoms with E-state index in [2.05, 4.69) is 0 Å². The van der Waals surface area contributed by atoms with E-state index in [1.807, 2.05) is 6.92 Å². The van der Waals surface area contributed by atoms with Crippen LogP contribution in [0.5, 0.6) is 0 Å². The lowest BCUT2D eigenvalue weighted by molar-refractivity contribution is -0.150.